The van der Waals surface area contributed by atoms with Crippen molar-refractivity contribution in [2.45, 2.75) is 45.1 Å². The van der Waals surface area contributed by atoms with Crippen molar-refractivity contribution in [3.63, 3.8) is 0 Å². The predicted octanol–water partition coefficient (Wildman–Crippen LogP) is 3.73. The molecule has 198 valence electrons. The maximum Gasteiger partial charge on any atom is 0.317 e. The van der Waals surface area contributed by atoms with Crippen molar-refractivity contribution in [3.8, 4) is 17.3 Å². The molecule has 1 aromatic carbocycles. The van der Waals surface area contributed by atoms with Crippen molar-refractivity contribution >= 4 is 17.6 Å². The van der Waals surface area contributed by atoms with Gasteiger partial charge in [0.15, 0.2) is 0 Å². The van der Waals surface area contributed by atoms with Crippen molar-refractivity contribution in [1.82, 2.24) is 20.5 Å². The molecule has 1 fully saturated rings. The Kier molecular flexibility index (Phi) is 7.61. The number of pyridine rings is 1. The third kappa shape index (κ3) is 5.22. The van der Waals surface area contributed by atoms with E-state index in [0.717, 1.165) is 78.2 Å². The Morgan fingerprint density at radius 2 is 2.03 bits per heavy atom. The van der Waals surface area contributed by atoms with Crippen LogP contribution in [0.1, 0.15) is 42.4 Å². The number of anilines is 1. The number of hydrogen-bond donors (Lipinski definition) is 3. The maximum atomic E-state index is 12.5. The largest absolute Gasteiger partial charge is 0.385 e. The molecule has 0 unspecified atom stereocenters. The summed E-state index contributed by atoms with van der Waals surface area (Å²) < 4.78 is 5.53. The molecule has 0 atom stereocenters. The van der Waals surface area contributed by atoms with Crippen LogP contribution in [0, 0.1) is 23.7 Å². The number of fused-ring (bicyclic) bond motifs is 1. The Balaban J connectivity index is 1.51. The molecular formula is C29H35N7O2. The van der Waals surface area contributed by atoms with E-state index in [0.29, 0.717) is 43.5 Å². The molecule has 4 heterocycles. The van der Waals surface area contributed by atoms with E-state index < -0.39 is 0 Å². The first kappa shape index (κ1) is 25.7. The van der Waals surface area contributed by atoms with Gasteiger partial charge in [-0.3, -0.25) is 10.4 Å². The number of aromatic nitrogens is 1. The van der Waals surface area contributed by atoms with Crippen LogP contribution in [0.15, 0.2) is 41.7 Å². The minimum Gasteiger partial charge on any atom is -0.385 e. The summed E-state index contributed by atoms with van der Waals surface area (Å²) in [4.78, 5) is 20.8. The number of hydrogen-bond acceptors (Lipinski definition) is 6. The van der Waals surface area contributed by atoms with E-state index in [2.05, 4.69) is 27.8 Å². The topological polar surface area (TPSA) is 117 Å². The Morgan fingerprint density at radius 3 is 2.76 bits per heavy atom. The molecule has 2 amide bonds. The van der Waals surface area contributed by atoms with E-state index in [9.17, 15) is 15.5 Å². The third-order valence-corrected chi connectivity index (χ3v) is 7.65. The molecule has 3 aliphatic heterocycles. The van der Waals surface area contributed by atoms with E-state index in [1.165, 1.54) is 0 Å². The molecule has 2 aromatic rings. The van der Waals surface area contributed by atoms with Crippen LogP contribution in [0.2, 0.25) is 0 Å². The van der Waals surface area contributed by atoms with Crippen LogP contribution < -0.4 is 15.5 Å². The quantitative estimate of drug-likeness (QED) is 0.424. The van der Waals surface area contributed by atoms with Gasteiger partial charge in [-0.2, -0.15) is 5.26 Å². The van der Waals surface area contributed by atoms with E-state index in [-0.39, 0.29) is 6.03 Å². The highest BCUT2D eigenvalue weighted by atomic mass is 16.5. The molecule has 5 rings (SSSR count). The number of nitrogens with one attached hydrogen (secondary N) is 3. The summed E-state index contributed by atoms with van der Waals surface area (Å²) in [5.41, 5.74) is 7.13. The fraction of sp³-hybridized carbons (Fsp3) is 0.448. The van der Waals surface area contributed by atoms with Crippen LogP contribution >= 0.6 is 0 Å². The molecule has 1 saturated heterocycles. The lowest BCUT2D eigenvalue weighted by Gasteiger charge is -2.38. The fourth-order valence-electron chi connectivity index (χ4n) is 5.58. The van der Waals surface area contributed by atoms with Gasteiger partial charge in [0.1, 0.15) is 5.84 Å². The molecule has 38 heavy (non-hydrogen) atoms. The minimum atomic E-state index is -0.137. The van der Waals surface area contributed by atoms with Gasteiger partial charge in [-0.25, -0.2) is 4.79 Å². The number of aryl methyl sites for hydroxylation is 2. The van der Waals surface area contributed by atoms with Gasteiger partial charge < -0.3 is 25.2 Å². The molecule has 0 aliphatic carbocycles. The Labute approximate surface area is 224 Å². The van der Waals surface area contributed by atoms with E-state index in [1.807, 2.05) is 30.0 Å². The van der Waals surface area contributed by atoms with Crippen LogP contribution in [0.25, 0.3) is 11.3 Å². The van der Waals surface area contributed by atoms with Crippen molar-refractivity contribution < 1.29 is 9.53 Å². The summed E-state index contributed by atoms with van der Waals surface area (Å²) in [6, 6.07) is 10.5. The normalized spacial score (nSPS) is 18.0. The van der Waals surface area contributed by atoms with E-state index in [4.69, 9.17) is 4.74 Å². The molecular weight excluding hydrogens is 478 g/mol. The number of amides is 2. The lowest BCUT2D eigenvalue weighted by molar-refractivity contribution is 0.0798. The summed E-state index contributed by atoms with van der Waals surface area (Å²) in [5.74, 6) is 0.388. The maximum absolute atomic E-state index is 12.5. The number of urea groups is 1. The molecule has 1 aromatic heterocycles. The summed E-state index contributed by atoms with van der Waals surface area (Å²) in [5, 5.41) is 25.8. The van der Waals surface area contributed by atoms with Crippen LogP contribution in [-0.2, 0) is 11.2 Å². The van der Waals surface area contributed by atoms with Crippen LogP contribution in [0.3, 0.4) is 0 Å². The van der Waals surface area contributed by atoms with Gasteiger partial charge in [-0.05, 0) is 68.0 Å². The second-order valence-corrected chi connectivity index (χ2v) is 10.2. The monoisotopic (exact) mass is 513 g/mol. The Morgan fingerprint density at radius 1 is 1.21 bits per heavy atom. The van der Waals surface area contributed by atoms with E-state index in [1.54, 1.807) is 18.1 Å². The number of rotatable bonds is 4. The number of benzene rings is 1. The van der Waals surface area contributed by atoms with Crippen molar-refractivity contribution in [2.24, 2.45) is 0 Å². The van der Waals surface area contributed by atoms with Crippen LogP contribution in [-0.4, -0.2) is 67.7 Å². The zero-order valence-corrected chi connectivity index (χ0v) is 22.1. The van der Waals surface area contributed by atoms with Gasteiger partial charge in [0.2, 0.25) is 0 Å². The summed E-state index contributed by atoms with van der Waals surface area (Å²) in [7, 11) is 1.64. The zero-order chi connectivity index (χ0) is 26.6. The molecule has 3 N–H and O–H groups in total. The third-order valence-electron chi connectivity index (χ3n) is 7.65. The second-order valence-electron chi connectivity index (χ2n) is 10.2. The minimum absolute atomic E-state index is 0.137. The lowest BCUT2D eigenvalue weighted by Crippen LogP contribution is -2.48. The SMILES string of the molecule is CNC(=O)N1CCC(NC2CCOCC2)=C(C(=N)N2CCCc3cc(-c4cc(C)ccn4)c(C#N)cc32)C1. The van der Waals surface area contributed by atoms with Crippen molar-refractivity contribution in [2.75, 3.05) is 44.8 Å². The average Bonchev–Trinajstić information content (AvgIpc) is 2.96. The Bertz CT molecular complexity index is 1310. The standard InChI is InChI=1S/C29H35N7O2/c1-19-5-9-33-26(14-19)23-15-20-4-3-10-36(27(20)16-21(23)17-30)28(31)24-18-35(29(37)32-2)11-6-25(24)34-22-7-12-38-13-8-22/h5,9,14-16,22,31,34H,3-4,6-8,10-13,18H2,1-2H3,(H,32,37). The van der Waals surface area contributed by atoms with Crippen LogP contribution in [0.4, 0.5) is 10.5 Å². The fourth-order valence-corrected chi connectivity index (χ4v) is 5.58. The van der Waals surface area contributed by atoms with Gasteiger partial charge in [-0.1, -0.05) is 0 Å². The van der Waals surface area contributed by atoms with Gasteiger partial charge in [0.05, 0.1) is 23.9 Å². The summed E-state index contributed by atoms with van der Waals surface area (Å²) in [6.07, 6.45) is 6.07. The number of nitriles is 1. The molecule has 0 saturated carbocycles. The average molecular weight is 514 g/mol. The highest BCUT2D eigenvalue weighted by Crippen LogP contribution is 2.35. The molecule has 0 radical (unpaired) electrons. The first-order valence-electron chi connectivity index (χ1n) is 13.4. The molecule has 9 nitrogen and oxygen atoms in total. The van der Waals surface area contributed by atoms with Gasteiger partial charge in [-0.15, -0.1) is 0 Å². The highest BCUT2D eigenvalue weighted by Gasteiger charge is 2.31. The summed E-state index contributed by atoms with van der Waals surface area (Å²) in [6.45, 7) is 5.14. The Hall–Kier alpha value is -3.90. The number of carbonyl (C=O) groups excluding carboxylic acids is 1. The lowest BCUT2D eigenvalue weighted by atomic mass is 9.92. The first-order chi connectivity index (χ1) is 18.5. The summed E-state index contributed by atoms with van der Waals surface area (Å²) >= 11 is 0. The number of amidine groups is 1. The first-order valence-corrected chi connectivity index (χ1v) is 13.4. The molecule has 3 aliphatic rings. The molecule has 0 bridgehead atoms. The van der Waals surface area contributed by atoms with Gasteiger partial charge in [0.25, 0.3) is 0 Å². The van der Waals surface area contributed by atoms with Crippen LogP contribution in [0.5, 0.6) is 0 Å². The van der Waals surface area contributed by atoms with E-state index >= 15 is 0 Å². The molecule has 9 heteroatoms. The van der Waals surface area contributed by atoms with Gasteiger partial charge >= 0.3 is 6.03 Å². The number of nitrogens with zero attached hydrogens (tertiary/aromatic N) is 4. The smallest absolute Gasteiger partial charge is 0.317 e. The molecule has 0 spiro atoms. The van der Waals surface area contributed by atoms with Gasteiger partial charge in [0, 0.05) is 74.5 Å². The predicted molar refractivity (Wildman–Crippen MR) is 147 cm³/mol. The highest BCUT2D eigenvalue weighted by molar-refractivity contribution is 6.09. The second kappa shape index (κ2) is 11.2. The number of carbonyl (C=O) groups is 1. The number of ether oxygens (including phenoxy) is 1. The zero-order valence-electron chi connectivity index (χ0n) is 22.1. The van der Waals surface area contributed by atoms with Crippen molar-refractivity contribution in [1.29, 1.82) is 10.7 Å². The van der Waals surface area contributed by atoms with Crippen molar-refractivity contribution in [3.05, 3.63) is 58.4 Å².